The van der Waals surface area contributed by atoms with Crippen molar-refractivity contribution in [1.82, 2.24) is 4.90 Å². The number of hydrogen-bond acceptors (Lipinski definition) is 5. The van der Waals surface area contributed by atoms with Crippen LogP contribution in [0.15, 0.2) is 24.3 Å². The van der Waals surface area contributed by atoms with Crippen LogP contribution in [0.25, 0.3) is 0 Å². The molecular formula is C18H20N2O6. The zero-order chi connectivity index (χ0) is 18.3. The summed E-state index contributed by atoms with van der Waals surface area (Å²) in [5.41, 5.74) is -0.383. The molecule has 0 bridgehead atoms. The Morgan fingerprint density at radius 2 is 2.12 bits per heavy atom. The van der Waals surface area contributed by atoms with Crippen LogP contribution in [-0.2, 0) is 19.1 Å². The molecule has 2 amide bonds. The molecule has 0 saturated carbocycles. The third kappa shape index (κ3) is 2.61. The zero-order valence-corrected chi connectivity index (χ0v) is 14.2. The molecule has 4 rings (SSSR count). The van der Waals surface area contributed by atoms with Gasteiger partial charge < -0.3 is 19.5 Å². The average Bonchev–Trinajstić information content (AvgIpc) is 3.05. The fourth-order valence-corrected chi connectivity index (χ4v) is 4.05. The van der Waals surface area contributed by atoms with Gasteiger partial charge in [-0.25, -0.2) is 0 Å². The van der Waals surface area contributed by atoms with Crippen LogP contribution in [0, 0.1) is 11.3 Å². The van der Waals surface area contributed by atoms with Crippen molar-refractivity contribution in [1.29, 1.82) is 0 Å². The van der Waals surface area contributed by atoms with Gasteiger partial charge in [-0.1, -0.05) is 12.1 Å². The molecule has 2 atom stereocenters. The number of rotatable bonds is 3. The molecule has 8 heteroatoms. The third-order valence-electron chi connectivity index (χ3n) is 5.59. The highest BCUT2D eigenvalue weighted by atomic mass is 16.5. The van der Waals surface area contributed by atoms with E-state index in [0.29, 0.717) is 37.6 Å². The average molecular weight is 360 g/mol. The highest BCUT2D eigenvalue weighted by molar-refractivity contribution is 6.02. The number of para-hydroxylation sites is 2. The fourth-order valence-electron chi connectivity index (χ4n) is 4.05. The maximum atomic E-state index is 12.8. The number of benzene rings is 1. The molecule has 0 radical (unpaired) electrons. The first-order valence-corrected chi connectivity index (χ1v) is 8.62. The van der Waals surface area contributed by atoms with Crippen LogP contribution in [0.2, 0.25) is 0 Å². The Labute approximate surface area is 150 Å². The van der Waals surface area contributed by atoms with Crippen molar-refractivity contribution in [3.63, 3.8) is 0 Å². The lowest BCUT2D eigenvalue weighted by atomic mass is 9.74. The van der Waals surface area contributed by atoms with Gasteiger partial charge in [0.2, 0.25) is 5.91 Å². The summed E-state index contributed by atoms with van der Waals surface area (Å²) in [6.45, 7) is 0.999. The van der Waals surface area contributed by atoms with Crippen molar-refractivity contribution in [2.45, 2.75) is 6.42 Å². The predicted octanol–water partition coefficient (Wildman–Crippen LogP) is 0.362. The second-order valence-corrected chi connectivity index (χ2v) is 6.99. The van der Waals surface area contributed by atoms with Crippen LogP contribution in [0.5, 0.6) is 5.75 Å². The first-order valence-electron chi connectivity index (χ1n) is 8.62. The Kier molecular flexibility index (Phi) is 4.07. The van der Waals surface area contributed by atoms with Gasteiger partial charge in [0.15, 0.2) is 6.61 Å². The molecule has 8 nitrogen and oxygen atoms in total. The minimum atomic E-state index is -0.944. The summed E-state index contributed by atoms with van der Waals surface area (Å²) < 4.78 is 10.8. The summed E-state index contributed by atoms with van der Waals surface area (Å²) in [5.74, 6) is -1.08. The van der Waals surface area contributed by atoms with E-state index in [-0.39, 0.29) is 37.4 Å². The maximum Gasteiger partial charge on any atom is 0.311 e. The number of fused-ring (bicyclic) bond motifs is 2. The Bertz CT molecular complexity index is 766. The number of carboxylic acids is 1. The molecule has 0 spiro atoms. The van der Waals surface area contributed by atoms with Gasteiger partial charge >= 0.3 is 5.97 Å². The molecule has 3 aliphatic heterocycles. The molecule has 3 aliphatic rings. The lowest BCUT2D eigenvalue weighted by molar-refractivity contribution is -0.157. The summed E-state index contributed by atoms with van der Waals surface area (Å²) in [5, 5.41) is 9.72. The van der Waals surface area contributed by atoms with Crippen LogP contribution < -0.4 is 9.64 Å². The van der Waals surface area contributed by atoms with E-state index in [2.05, 4.69) is 0 Å². The van der Waals surface area contributed by atoms with Gasteiger partial charge in [0, 0.05) is 25.6 Å². The van der Waals surface area contributed by atoms with Crippen LogP contribution in [-0.4, -0.2) is 67.2 Å². The summed E-state index contributed by atoms with van der Waals surface area (Å²) in [4.78, 5) is 39.9. The molecule has 1 aromatic carbocycles. The van der Waals surface area contributed by atoms with Gasteiger partial charge in [0.25, 0.3) is 5.91 Å². The van der Waals surface area contributed by atoms with Crippen LogP contribution in [0.3, 0.4) is 0 Å². The molecule has 2 saturated heterocycles. The zero-order valence-electron chi connectivity index (χ0n) is 14.2. The van der Waals surface area contributed by atoms with Crippen LogP contribution in [0.1, 0.15) is 6.42 Å². The second-order valence-electron chi connectivity index (χ2n) is 6.99. The molecule has 1 N–H and O–H groups in total. The Morgan fingerprint density at radius 3 is 2.88 bits per heavy atom. The van der Waals surface area contributed by atoms with Crippen molar-refractivity contribution in [2.75, 3.05) is 44.4 Å². The molecule has 0 unspecified atom stereocenters. The van der Waals surface area contributed by atoms with Crippen molar-refractivity contribution in [2.24, 2.45) is 11.3 Å². The molecule has 26 heavy (non-hydrogen) atoms. The molecule has 2 fully saturated rings. The largest absolute Gasteiger partial charge is 0.482 e. The van der Waals surface area contributed by atoms with Gasteiger partial charge in [0.05, 0.1) is 17.7 Å². The Morgan fingerprint density at radius 1 is 1.31 bits per heavy atom. The van der Waals surface area contributed by atoms with Gasteiger partial charge in [-0.15, -0.1) is 0 Å². The van der Waals surface area contributed by atoms with E-state index in [1.165, 1.54) is 4.90 Å². The highest BCUT2D eigenvalue weighted by Gasteiger charge is 2.55. The van der Waals surface area contributed by atoms with E-state index < -0.39 is 11.4 Å². The summed E-state index contributed by atoms with van der Waals surface area (Å²) in [6, 6.07) is 7.06. The molecule has 0 aliphatic carbocycles. The van der Waals surface area contributed by atoms with E-state index in [0.717, 1.165) is 0 Å². The number of amides is 2. The third-order valence-corrected chi connectivity index (χ3v) is 5.59. The predicted molar refractivity (Wildman–Crippen MR) is 89.9 cm³/mol. The molecule has 3 heterocycles. The number of ether oxygens (including phenoxy) is 2. The summed E-state index contributed by atoms with van der Waals surface area (Å²) in [6.07, 6.45) is 0.399. The number of carbonyl (C=O) groups is 3. The number of likely N-dealkylation sites (tertiary alicyclic amines) is 1. The number of nitrogens with zero attached hydrogens (tertiary/aromatic N) is 2. The second kappa shape index (κ2) is 6.28. The number of hydrogen-bond donors (Lipinski definition) is 1. The standard InChI is InChI=1S/C18H20N2O6/c21-15(8-20-13-3-1-2-4-14(13)26-10-16(20)22)19-7-12-9-25-6-5-18(12,11-19)17(23)24/h1-4,12H,5-11H2,(H,23,24)/t12-,18+/m0/s1. The lowest BCUT2D eigenvalue weighted by Crippen LogP contribution is -2.47. The van der Waals surface area contributed by atoms with Gasteiger partial charge in [-0.3, -0.25) is 19.3 Å². The van der Waals surface area contributed by atoms with E-state index >= 15 is 0 Å². The smallest absolute Gasteiger partial charge is 0.311 e. The molecule has 138 valence electrons. The minimum absolute atomic E-state index is 0.111. The fraction of sp³-hybridized carbons (Fsp3) is 0.500. The molecular weight excluding hydrogens is 340 g/mol. The lowest BCUT2D eigenvalue weighted by Gasteiger charge is -2.34. The van der Waals surface area contributed by atoms with E-state index in [9.17, 15) is 19.5 Å². The Hall–Kier alpha value is -2.61. The summed E-state index contributed by atoms with van der Waals surface area (Å²) in [7, 11) is 0. The van der Waals surface area contributed by atoms with Crippen molar-refractivity contribution >= 4 is 23.5 Å². The normalized spacial score (nSPS) is 27.5. The van der Waals surface area contributed by atoms with Crippen molar-refractivity contribution < 1.29 is 29.0 Å². The topological polar surface area (TPSA) is 96.4 Å². The van der Waals surface area contributed by atoms with Crippen molar-refractivity contribution in [3.8, 4) is 5.75 Å². The number of aliphatic carboxylic acids is 1. The summed E-state index contributed by atoms with van der Waals surface area (Å²) >= 11 is 0. The number of carboxylic acid groups (broad SMARTS) is 1. The minimum Gasteiger partial charge on any atom is -0.482 e. The highest BCUT2D eigenvalue weighted by Crippen LogP contribution is 2.42. The SMILES string of the molecule is O=C(CN1C(=O)COc2ccccc21)N1C[C@H]2COCC[C@@]2(C(=O)O)C1. The van der Waals surface area contributed by atoms with Gasteiger partial charge in [-0.2, -0.15) is 0 Å². The first kappa shape index (κ1) is 16.8. The van der Waals surface area contributed by atoms with E-state index in [4.69, 9.17) is 9.47 Å². The quantitative estimate of drug-likeness (QED) is 0.836. The van der Waals surface area contributed by atoms with Gasteiger partial charge in [0.1, 0.15) is 12.3 Å². The van der Waals surface area contributed by atoms with Crippen LogP contribution in [0.4, 0.5) is 5.69 Å². The van der Waals surface area contributed by atoms with E-state index in [1.807, 2.05) is 0 Å². The van der Waals surface area contributed by atoms with E-state index in [1.54, 1.807) is 29.2 Å². The number of anilines is 1. The van der Waals surface area contributed by atoms with Crippen LogP contribution >= 0.6 is 0 Å². The first-order chi connectivity index (χ1) is 12.5. The van der Waals surface area contributed by atoms with Gasteiger partial charge in [-0.05, 0) is 18.6 Å². The number of carbonyl (C=O) groups excluding carboxylic acids is 2. The monoisotopic (exact) mass is 360 g/mol. The molecule has 1 aromatic rings. The Balaban J connectivity index is 1.53. The van der Waals surface area contributed by atoms with Crippen molar-refractivity contribution in [3.05, 3.63) is 24.3 Å². The maximum absolute atomic E-state index is 12.8. The molecule has 0 aromatic heterocycles.